The summed E-state index contributed by atoms with van der Waals surface area (Å²) in [6, 6.07) is 0. The number of nitrogens with zero attached hydrogens (tertiary/aromatic N) is 2. The molecule has 0 radical (unpaired) electrons. The fourth-order valence-corrected chi connectivity index (χ4v) is 2.18. The van der Waals surface area contributed by atoms with Crippen molar-refractivity contribution in [1.82, 2.24) is 9.42 Å². The van der Waals surface area contributed by atoms with E-state index in [4.69, 9.17) is 0 Å². The van der Waals surface area contributed by atoms with Crippen molar-refractivity contribution in [2.24, 2.45) is 0 Å². The topological polar surface area (TPSA) is 40.6 Å². The SMILES string of the molecule is CN1CCCN1S(C)(=O)=O.II. The van der Waals surface area contributed by atoms with Crippen molar-refractivity contribution in [3.63, 3.8) is 0 Å². The van der Waals surface area contributed by atoms with Crippen molar-refractivity contribution >= 4 is 47.3 Å². The smallest absolute Gasteiger partial charge is 0.224 e. The molecule has 1 heterocycles. The molecular formula is C5H12I2N2O2S. The Morgan fingerprint density at radius 1 is 1.25 bits per heavy atom. The second kappa shape index (κ2) is 5.94. The standard InChI is InChI=1S/C5H12N2O2S.I2/c1-6-4-3-5-7(6)10(2,8)9;1-2/h3-5H2,1-2H3;. The lowest BCUT2D eigenvalue weighted by Crippen LogP contribution is -2.37. The second-order valence-electron chi connectivity index (χ2n) is 2.54. The van der Waals surface area contributed by atoms with Gasteiger partial charge >= 0.3 is 0 Å². The monoisotopic (exact) mass is 418 g/mol. The van der Waals surface area contributed by atoms with E-state index in [2.05, 4.69) is 37.2 Å². The van der Waals surface area contributed by atoms with Crippen LogP contribution >= 0.6 is 37.2 Å². The molecule has 1 aliphatic rings. The largest absolute Gasteiger partial charge is 0.231 e. The normalized spacial score (nSPS) is 20.3. The zero-order chi connectivity index (χ0) is 9.78. The van der Waals surface area contributed by atoms with E-state index in [-0.39, 0.29) is 0 Å². The fraction of sp³-hybridized carbons (Fsp3) is 1.00. The summed E-state index contributed by atoms with van der Waals surface area (Å²) in [4.78, 5) is 0. The van der Waals surface area contributed by atoms with Gasteiger partial charge in [0.15, 0.2) is 0 Å². The summed E-state index contributed by atoms with van der Waals surface area (Å²) in [5.41, 5.74) is 0. The number of halogens is 2. The van der Waals surface area contributed by atoms with Gasteiger partial charge in [-0.15, -0.1) is 4.41 Å². The first kappa shape index (κ1) is 13.3. The van der Waals surface area contributed by atoms with Crippen molar-refractivity contribution in [2.75, 3.05) is 26.4 Å². The minimum absolute atomic E-state index is 0.634. The Morgan fingerprint density at radius 3 is 1.92 bits per heavy atom. The Morgan fingerprint density at radius 2 is 1.75 bits per heavy atom. The van der Waals surface area contributed by atoms with Gasteiger partial charge in [0, 0.05) is 57.4 Å². The molecule has 1 rings (SSSR count). The number of sulfonamides is 1. The van der Waals surface area contributed by atoms with Gasteiger partial charge in [-0.2, -0.15) is 0 Å². The molecule has 1 saturated heterocycles. The first-order valence-electron chi connectivity index (χ1n) is 3.35. The molecule has 0 aromatic carbocycles. The van der Waals surface area contributed by atoms with E-state index < -0.39 is 10.0 Å². The van der Waals surface area contributed by atoms with Crippen molar-refractivity contribution in [3.05, 3.63) is 0 Å². The number of hydrogen-bond acceptors (Lipinski definition) is 3. The molecule has 7 heteroatoms. The first-order valence-corrected chi connectivity index (χ1v) is 11.5. The minimum atomic E-state index is -2.99. The van der Waals surface area contributed by atoms with E-state index in [1.807, 2.05) is 0 Å². The molecule has 0 aliphatic carbocycles. The number of hydrogen-bond donors (Lipinski definition) is 0. The van der Waals surface area contributed by atoms with Gasteiger partial charge in [0.2, 0.25) is 10.0 Å². The van der Waals surface area contributed by atoms with Gasteiger partial charge in [-0.3, -0.25) is 0 Å². The van der Waals surface area contributed by atoms with Gasteiger partial charge in [-0.1, -0.05) is 0 Å². The van der Waals surface area contributed by atoms with Crippen molar-refractivity contribution < 1.29 is 8.42 Å². The maximum Gasteiger partial charge on any atom is 0.224 e. The lowest BCUT2D eigenvalue weighted by Gasteiger charge is -2.20. The molecule has 0 aromatic rings. The summed E-state index contributed by atoms with van der Waals surface area (Å²) in [7, 11) is -1.21. The highest BCUT2D eigenvalue weighted by Gasteiger charge is 2.25. The summed E-state index contributed by atoms with van der Waals surface area (Å²) < 4.78 is 23.3. The molecule has 0 atom stereocenters. The van der Waals surface area contributed by atoms with Gasteiger partial charge in [0.1, 0.15) is 0 Å². The van der Waals surface area contributed by atoms with Gasteiger partial charge in [0.05, 0.1) is 6.26 Å². The summed E-state index contributed by atoms with van der Waals surface area (Å²) in [6.07, 6.45) is 2.17. The Bertz CT molecular complexity index is 219. The molecule has 0 saturated carbocycles. The first-order chi connectivity index (χ1) is 5.52. The van der Waals surface area contributed by atoms with Crippen LogP contribution in [0.5, 0.6) is 0 Å². The van der Waals surface area contributed by atoms with Gasteiger partial charge < -0.3 is 0 Å². The maximum atomic E-state index is 10.9. The summed E-state index contributed by atoms with van der Waals surface area (Å²) in [5.74, 6) is 0. The van der Waals surface area contributed by atoms with E-state index in [9.17, 15) is 8.42 Å². The van der Waals surface area contributed by atoms with Crippen LogP contribution in [0, 0.1) is 0 Å². The lowest BCUT2D eigenvalue weighted by molar-refractivity contribution is 0.160. The van der Waals surface area contributed by atoms with E-state index in [0.717, 1.165) is 13.0 Å². The van der Waals surface area contributed by atoms with E-state index in [1.165, 1.54) is 10.7 Å². The van der Waals surface area contributed by atoms with Gasteiger partial charge in [0.25, 0.3) is 0 Å². The maximum absolute atomic E-state index is 10.9. The van der Waals surface area contributed by atoms with Crippen LogP contribution in [0.4, 0.5) is 0 Å². The molecule has 0 spiro atoms. The number of hydrazine groups is 1. The predicted molar refractivity (Wildman–Crippen MR) is 66.8 cm³/mol. The Kier molecular flexibility index (Phi) is 6.59. The van der Waals surface area contributed by atoms with Crippen LogP contribution in [0.2, 0.25) is 0 Å². The third-order valence-corrected chi connectivity index (χ3v) is 2.82. The molecule has 1 fully saturated rings. The molecule has 0 unspecified atom stereocenters. The molecular weight excluding hydrogens is 406 g/mol. The molecule has 0 N–H and O–H groups in total. The Hall–Kier alpha value is 1.33. The van der Waals surface area contributed by atoms with Crippen LogP contribution in [0.25, 0.3) is 0 Å². The van der Waals surface area contributed by atoms with Crippen molar-refractivity contribution in [1.29, 1.82) is 0 Å². The second-order valence-corrected chi connectivity index (χ2v) is 4.43. The van der Waals surface area contributed by atoms with E-state index in [1.54, 1.807) is 12.1 Å². The van der Waals surface area contributed by atoms with Gasteiger partial charge in [-0.25, -0.2) is 13.4 Å². The molecule has 1 aliphatic heterocycles. The van der Waals surface area contributed by atoms with E-state index in [0.29, 0.717) is 6.54 Å². The molecule has 4 nitrogen and oxygen atoms in total. The third-order valence-electron chi connectivity index (χ3n) is 1.59. The fourth-order valence-electron chi connectivity index (χ4n) is 1.14. The highest BCUT2D eigenvalue weighted by molar-refractivity contribution is 15.0. The molecule has 74 valence electrons. The van der Waals surface area contributed by atoms with Crippen LogP contribution in [-0.2, 0) is 10.0 Å². The quantitative estimate of drug-likeness (QED) is 0.603. The lowest BCUT2D eigenvalue weighted by atomic mass is 10.5. The zero-order valence-electron chi connectivity index (χ0n) is 7.00. The summed E-state index contributed by atoms with van der Waals surface area (Å²) >= 11 is 4.24. The predicted octanol–water partition coefficient (Wildman–Crippen LogP) is 1.27. The average molecular weight is 418 g/mol. The Balaban J connectivity index is 0.000000561. The molecule has 0 amide bonds. The van der Waals surface area contributed by atoms with Crippen LogP contribution < -0.4 is 0 Å². The number of rotatable bonds is 1. The van der Waals surface area contributed by atoms with Crippen molar-refractivity contribution in [2.45, 2.75) is 6.42 Å². The van der Waals surface area contributed by atoms with Crippen LogP contribution in [0.1, 0.15) is 6.42 Å². The third kappa shape index (κ3) is 4.03. The van der Waals surface area contributed by atoms with Gasteiger partial charge in [-0.05, 0) is 6.42 Å². The van der Waals surface area contributed by atoms with Crippen LogP contribution in [-0.4, -0.2) is 44.2 Å². The molecule has 0 aromatic heterocycles. The summed E-state index contributed by atoms with van der Waals surface area (Å²) in [6.45, 7) is 1.47. The highest BCUT2D eigenvalue weighted by atomic mass is 128. The molecule has 0 bridgehead atoms. The zero-order valence-corrected chi connectivity index (χ0v) is 12.1. The van der Waals surface area contributed by atoms with Crippen LogP contribution in [0.15, 0.2) is 0 Å². The highest BCUT2D eigenvalue weighted by Crippen LogP contribution is 2.10. The summed E-state index contributed by atoms with van der Waals surface area (Å²) in [5, 5.41) is 1.73. The average Bonchev–Trinajstić information content (AvgIpc) is 2.38. The minimum Gasteiger partial charge on any atom is -0.231 e. The van der Waals surface area contributed by atoms with E-state index >= 15 is 0 Å². The van der Waals surface area contributed by atoms with Crippen molar-refractivity contribution in [3.8, 4) is 0 Å². The Labute approximate surface area is 97.0 Å². The van der Waals surface area contributed by atoms with Crippen LogP contribution in [0.3, 0.4) is 0 Å². The molecule has 12 heavy (non-hydrogen) atoms.